The van der Waals surface area contributed by atoms with Crippen LogP contribution in [0, 0.1) is 0 Å². The Morgan fingerprint density at radius 3 is 2.32 bits per heavy atom. The van der Waals surface area contributed by atoms with Crippen molar-refractivity contribution >= 4 is 17.5 Å². The normalized spacial score (nSPS) is 11.5. The molecule has 2 rings (SSSR count). The van der Waals surface area contributed by atoms with E-state index >= 15 is 0 Å². The minimum atomic E-state index is -4.41. The Labute approximate surface area is 142 Å². The molecule has 1 N–H and O–H groups in total. The molecule has 0 aromatic heterocycles. The molecule has 25 heavy (non-hydrogen) atoms. The number of carbonyl (C=O) groups is 1. The lowest BCUT2D eigenvalue weighted by atomic mass is 10.1. The van der Waals surface area contributed by atoms with E-state index < -0.39 is 23.0 Å². The van der Waals surface area contributed by atoms with Crippen molar-refractivity contribution in [2.75, 3.05) is 11.9 Å². The zero-order chi connectivity index (χ0) is 18.4. The van der Waals surface area contributed by atoms with E-state index in [2.05, 4.69) is 5.32 Å². The van der Waals surface area contributed by atoms with Gasteiger partial charge in [0.1, 0.15) is 0 Å². The molecule has 6 heteroatoms. The van der Waals surface area contributed by atoms with Gasteiger partial charge in [0.05, 0.1) is 16.8 Å². The maximum Gasteiger partial charge on any atom is 0.416 e. The zero-order valence-corrected chi connectivity index (χ0v) is 13.4. The second-order valence-electron chi connectivity index (χ2n) is 5.22. The summed E-state index contributed by atoms with van der Waals surface area (Å²) in [5.41, 5.74) is -0.444. The smallest absolute Gasteiger partial charge is 0.382 e. The fourth-order valence-corrected chi connectivity index (χ4v) is 2.17. The van der Waals surface area contributed by atoms with Crippen molar-refractivity contribution in [2.24, 2.45) is 0 Å². The highest BCUT2D eigenvalue weighted by Crippen LogP contribution is 2.29. The van der Waals surface area contributed by atoms with Gasteiger partial charge in [-0.3, -0.25) is 9.59 Å². The number of hydrogen-bond acceptors (Lipinski definition) is 3. The summed E-state index contributed by atoms with van der Waals surface area (Å²) in [7, 11) is 0. The number of nitrogens with one attached hydrogen (secondary N) is 1. The highest BCUT2D eigenvalue weighted by Gasteiger charge is 2.29. The van der Waals surface area contributed by atoms with Gasteiger partial charge in [-0.15, -0.1) is 0 Å². The summed E-state index contributed by atoms with van der Waals surface area (Å²) in [6, 6.07) is 10.6. The summed E-state index contributed by atoms with van der Waals surface area (Å²) < 4.78 is 37.6. The number of allylic oxidation sites excluding steroid dienone is 1. The molecule has 0 saturated heterocycles. The molecule has 130 valence electrons. The number of benzene rings is 1. The van der Waals surface area contributed by atoms with Crippen LogP contribution >= 0.6 is 0 Å². The van der Waals surface area contributed by atoms with Crippen molar-refractivity contribution in [3.05, 3.63) is 81.5 Å². The molecule has 0 amide bonds. The largest absolute Gasteiger partial charge is 0.416 e. The van der Waals surface area contributed by atoms with Crippen LogP contribution in [-0.4, -0.2) is 12.3 Å². The van der Waals surface area contributed by atoms with Crippen molar-refractivity contribution in [3.8, 4) is 0 Å². The van der Waals surface area contributed by atoms with E-state index in [-0.39, 0.29) is 5.56 Å². The Morgan fingerprint density at radius 1 is 1.08 bits per heavy atom. The van der Waals surface area contributed by atoms with E-state index in [9.17, 15) is 22.8 Å². The number of anilines is 1. The number of halogens is 3. The summed E-state index contributed by atoms with van der Waals surface area (Å²) in [6.07, 6.45) is -1.85. The van der Waals surface area contributed by atoms with Gasteiger partial charge in [-0.1, -0.05) is 30.3 Å². The van der Waals surface area contributed by atoms with Gasteiger partial charge in [0.25, 0.3) is 0 Å². The second kappa shape index (κ2) is 7.79. The van der Waals surface area contributed by atoms with Crippen molar-refractivity contribution in [1.29, 1.82) is 0 Å². The minimum absolute atomic E-state index is 0.0101. The summed E-state index contributed by atoms with van der Waals surface area (Å²) in [5.74, 6) is -0.514. The molecule has 0 aliphatic carbocycles. The molecule has 2 aromatic rings. The lowest BCUT2D eigenvalue weighted by molar-refractivity contribution is -0.137. The predicted molar refractivity (Wildman–Crippen MR) is 91.7 cm³/mol. The number of carbonyl (C=O) groups excluding carboxylic acids is 1. The molecule has 0 spiro atoms. The molecule has 2 aromatic carbocycles. The van der Waals surface area contributed by atoms with Gasteiger partial charge in [0.15, 0.2) is 5.78 Å². The highest BCUT2D eigenvalue weighted by atomic mass is 19.4. The minimum Gasteiger partial charge on any atom is -0.382 e. The lowest BCUT2D eigenvalue weighted by Crippen LogP contribution is -2.15. The topological polar surface area (TPSA) is 46.2 Å². The monoisotopic (exact) mass is 347 g/mol. The van der Waals surface area contributed by atoms with Crippen LogP contribution in [0.4, 0.5) is 18.9 Å². The Bertz CT molecular complexity index is 840. The van der Waals surface area contributed by atoms with E-state index in [4.69, 9.17) is 0 Å². The van der Waals surface area contributed by atoms with Gasteiger partial charge < -0.3 is 5.32 Å². The van der Waals surface area contributed by atoms with Crippen LogP contribution in [0.25, 0.3) is 6.08 Å². The average molecular weight is 347 g/mol. The molecule has 0 fully saturated rings. The quantitative estimate of drug-likeness (QED) is 0.644. The molecular weight excluding hydrogens is 331 g/mol. The van der Waals surface area contributed by atoms with E-state index in [1.54, 1.807) is 18.2 Å². The number of rotatable bonds is 5. The van der Waals surface area contributed by atoms with Crippen LogP contribution < -0.4 is 10.7 Å². The summed E-state index contributed by atoms with van der Waals surface area (Å²) >= 11 is 0. The third-order valence-electron chi connectivity index (χ3n) is 3.42. The standard InChI is InChI=1S/C19H16F3NO2/c1-2-23-16-6-4-3-5-15(18(16)25)17(24)12-9-13-7-10-14(11-8-13)19(20,21)22/h3-12H,2H2,1H3,(H,23,25)/b12-9+. The molecule has 0 aliphatic rings. The fourth-order valence-electron chi connectivity index (χ4n) is 2.17. The summed E-state index contributed by atoms with van der Waals surface area (Å²) in [5, 5.41) is 2.89. The number of hydrogen-bond donors (Lipinski definition) is 1. The molecule has 0 bridgehead atoms. The highest BCUT2D eigenvalue weighted by molar-refractivity contribution is 6.07. The predicted octanol–water partition coefficient (Wildman–Crippen LogP) is 4.39. The maximum absolute atomic E-state index is 12.5. The summed E-state index contributed by atoms with van der Waals surface area (Å²) in [4.78, 5) is 24.6. The second-order valence-corrected chi connectivity index (χ2v) is 5.22. The van der Waals surface area contributed by atoms with Gasteiger partial charge >= 0.3 is 6.18 Å². The maximum atomic E-state index is 12.5. The first-order valence-electron chi connectivity index (χ1n) is 7.60. The van der Waals surface area contributed by atoms with Crippen molar-refractivity contribution < 1.29 is 18.0 Å². The van der Waals surface area contributed by atoms with Gasteiger partial charge in [0.2, 0.25) is 5.43 Å². The molecule has 0 saturated carbocycles. The molecule has 0 radical (unpaired) electrons. The van der Waals surface area contributed by atoms with Gasteiger partial charge in [-0.25, -0.2) is 0 Å². The number of alkyl halides is 3. The molecule has 0 atom stereocenters. The van der Waals surface area contributed by atoms with Gasteiger partial charge in [-0.05, 0) is 42.8 Å². The number of ketones is 1. The van der Waals surface area contributed by atoms with Gasteiger partial charge in [0, 0.05) is 6.54 Å². The Morgan fingerprint density at radius 2 is 1.72 bits per heavy atom. The lowest BCUT2D eigenvalue weighted by Gasteiger charge is -2.05. The molecular formula is C19H16F3NO2. The average Bonchev–Trinajstić information content (AvgIpc) is 2.75. The Hall–Kier alpha value is -2.89. The first-order valence-corrected chi connectivity index (χ1v) is 7.60. The van der Waals surface area contributed by atoms with Crippen LogP contribution in [-0.2, 0) is 6.18 Å². The van der Waals surface area contributed by atoms with Crippen LogP contribution in [0.3, 0.4) is 0 Å². The third-order valence-corrected chi connectivity index (χ3v) is 3.42. The molecule has 0 unspecified atom stereocenters. The van der Waals surface area contributed by atoms with Crippen LogP contribution in [0.15, 0.2) is 59.4 Å². The van der Waals surface area contributed by atoms with E-state index in [1.807, 2.05) is 6.92 Å². The molecule has 0 heterocycles. The fraction of sp³-hybridized carbons (Fsp3) is 0.158. The zero-order valence-electron chi connectivity index (χ0n) is 13.4. The summed E-state index contributed by atoms with van der Waals surface area (Å²) in [6.45, 7) is 2.37. The van der Waals surface area contributed by atoms with Gasteiger partial charge in [-0.2, -0.15) is 13.2 Å². The van der Waals surface area contributed by atoms with Crippen LogP contribution in [0.2, 0.25) is 0 Å². The third kappa shape index (κ3) is 4.79. The van der Waals surface area contributed by atoms with Crippen LogP contribution in [0.5, 0.6) is 0 Å². The van der Waals surface area contributed by atoms with Crippen molar-refractivity contribution in [3.63, 3.8) is 0 Å². The van der Waals surface area contributed by atoms with Crippen molar-refractivity contribution in [1.82, 2.24) is 0 Å². The van der Waals surface area contributed by atoms with E-state index in [0.717, 1.165) is 12.1 Å². The van der Waals surface area contributed by atoms with E-state index in [1.165, 1.54) is 30.4 Å². The van der Waals surface area contributed by atoms with E-state index in [0.29, 0.717) is 17.8 Å². The molecule has 0 aliphatic heterocycles. The van der Waals surface area contributed by atoms with Crippen molar-refractivity contribution in [2.45, 2.75) is 13.1 Å². The Kier molecular flexibility index (Phi) is 5.75. The first kappa shape index (κ1) is 18.4. The molecule has 3 nitrogen and oxygen atoms in total. The Balaban J connectivity index is 2.25. The van der Waals surface area contributed by atoms with Crippen LogP contribution in [0.1, 0.15) is 28.4 Å². The first-order chi connectivity index (χ1) is 11.8. The SMILES string of the molecule is CCNc1ccccc(C(=O)/C=C/c2ccc(C(F)(F)F)cc2)c1=O.